The fourth-order valence-electron chi connectivity index (χ4n) is 9.94. The Morgan fingerprint density at radius 3 is 2.29 bits per heavy atom. The lowest BCUT2D eigenvalue weighted by atomic mass is 9.77. The molecule has 0 bridgehead atoms. The highest BCUT2D eigenvalue weighted by atomic mass is 32.9. The minimum atomic E-state index is -3.24. The van der Waals surface area contributed by atoms with E-state index in [-0.39, 0.29) is 28.7 Å². The van der Waals surface area contributed by atoms with E-state index in [2.05, 4.69) is 18.5 Å². The molecule has 3 fully saturated rings. The van der Waals surface area contributed by atoms with Crippen molar-refractivity contribution in [1.29, 1.82) is 0 Å². The number of fused-ring (bicyclic) bond motifs is 3. The van der Waals surface area contributed by atoms with Gasteiger partial charge in [-0.3, -0.25) is 19.5 Å². The summed E-state index contributed by atoms with van der Waals surface area (Å²) in [5.41, 5.74) is -1.09. The maximum atomic E-state index is 18.0. The molecule has 70 heavy (non-hydrogen) atoms. The second-order valence-corrected chi connectivity index (χ2v) is 24.5. The molecule has 15 nitrogen and oxygen atoms in total. The van der Waals surface area contributed by atoms with Crippen molar-refractivity contribution in [2.45, 2.75) is 87.1 Å². The summed E-state index contributed by atoms with van der Waals surface area (Å²) in [6, 6.07) is 31.2. The summed E-state index contributed by atoms with van der Waals surface area (Å²) in [4.78, 5) is 34.5. The van der Waals surface area contributed by atoms with Gasteiger partial charge in [0.25, 0.3) is 11.2 Å². The molecule has 7 aromatic rings. The Morgan fingerprint density at radius 2 is 1.66 bits per heavy atom. The number of aryl methyl sites for hydroxylation is 2. The molecule has 0 radical (unpaired) electrons. The summed E-state index contributed by atoms with van der Waals surface area (Å²) in [6.07, 6.45) is 2.13. The van der Waals surface area contributed by atoms with Crippen LogP contribution in [0.2, 0.25) is 0 Å². The van der Waals surface area contributed by atoms with E-state index in [9.17, 15) is 14.9 Å². The lowest BCUT2D eigenvalue weighted by molar-refractivity contribution is -0.384. The Labute approximate surface area is 412 Å². The van der Waals surface area contributed by atoms with Crippen LogP contribution in [0.25, 0.3) is 16.9 Å². The van der Waals surface area contributed by atoms with Crippen molar-refractivity contribution in [3.63, 3.8) is 0 Å². The molecular formula is C51H52FN6O9PS2. The maximum absolute atomic E-state index is 18.0. The number of ether oxygens (including phenoxy) is 4. The smallest absolute Gasteiger partial charge is 0.287 e. The van der Waals surface area contributed by atoms with E-state index < -0.39 is 52.0 Å². The summed E-state index contributed by atoms with van der Waals surface area (Å²) in [5, 5.41) is 11.3. The Morgan fingerprint density at radius 1 is 1.00 bits per heavy atom. The van der Waals surface area contributed by atoms with Gasteiger partial charge in [0.15, 0.2) is 23.6 Å². The van der Waals surface area contributed by atoms with Crippen LogP contribution in [0.3, 0.4) is 0 Å². The number of alkyl halides is 1. The number of allylic oxidation sites excluding steroid dienone is 1. The van der Waals surface area contributed by atoms with Gasteiger partial charge >= 0.3 is 0 Å². The molecule has 2 aliphatic heterocycles. The van der Waals surface area contributed by atoms with Crippen LogP contribution in [-0.4, -0.2) is 78.5 Å². The molecule has 364 valence electrons. The van der Waals surface area contributed by atoms with E-state index in [0.717, 1.165) is 47.1 Å². The van der Waals surface area contributed by atoms with E-state index in [1.807, 2.05) is 90.4 Å². The third-order valence-corrected chi connectivity index (χ3v) is 19.5. The van der Waals surface area contributed by atoms with Gasteiger partial charge in [0, 0.05) is 36.3 Å². The van der Waals surface area contributed by atoms with Gasteiger partial charge in [0.1, 0.15) is 29.3 Å². The summed E-state index contributed by atoms with van der Waals surface area (Å²) in [5.74, 6) is 1.92. The number of methoxy groups -OCH3 is 2. The number of non-ortho nitro benzene ring substituents is 1. The van der Waals surface area contributed by atoms with Gasteiger partial charge in [0.2, 0.25) is 11.5 Å². The summed E-state index contributed by atoms with van der Waals surface area (Å²) in [6.45, 7) is 8.48. The zero-order chi connectivity index (χ0) is 49.0. The van der Waals surface area contributed by atoms with E-state index >= 15 is 4.39 Å². The van der Waals surface area contributed by atoms with Crippen molar-refractivity contribution >= 4 is 51.5 Å². The summed E-state index contributed by atoms with van der Waals surface area (Å²) < 4.78 is 61.5. The zero-order valence-corrected chi connectivity index (χ0v) is 41.5. The fraction of sp³-hybridized carbons (Fsp3) is 0.353. The number of nitro benzene ring substituents is 1. The first-order chi connectivity index (χ1) is 33.7. The molecular weight excluding hydrogens is 955 g/mol. The average Bonchev–Trinajstić information content (AvgIpc) is 4.13. The third kappa shape index (κ3) is 8.77. The first-order valence-corrected chi connectivity index (χ1v) is 27.1. The number of halogens is 1. The van der Waals surface area contributed by atoms with Gasteiger partial charge < -0.3 is 32.6 Å². The molecule has 1 saturated carbocycles. The quantitative estimate of drug-likeness (QED) is 0.0297. The molecule has 4 aromatic carbocycles. The number of imidazole rings is 2. The average molecular weight is 1010 g/mol. The number of nitrogens with zero attached hydrogens (tertiary/aromatic N) is 6. The number of nitro groups is 1. The van der Waals surface area contributed by atoms with E-state index in [0.29, 0.717) is 36.2 Å². The van der Waals surface area contributed by atoms with Crippen LogP contribution in [0.1, 0.15) is 61.6 Å². The Hall–Kier alpha value is -5.72. The molecule has 0 N–H and O–H groups in total. The van der Waals surface area contributed by atoms with Gasteiger partial charge in [-0.15, -0.1) is 0 Å². The molecule has 0 amide bonds. The lowest BCUT2D eigenvalue weighted by Gasteiger charge is -2.37. The largest absolute Gasteiger partial charge is 0.497 e. The number of hydrogen-bond acceptors (Lipinski definition) is 13. The van der Waals surface area contributed by atoms with Gasteiger partial charge in [-0.25, -0.2) is 13.8 Å². The molecule has 2 saturated heterocycles. The summed E-state index contributed by atoms with van der Waals surface area (Å²) in [7, 11) is 3.20. The molecule has 3 aromatic heterocycles. The number of rotatable bonds is 16. The fourth-order valence-corrected chi connectivity index (χ4v) is 17.1. The van der Waals surface area contributed by atoms with Crippen LogP contribution in [0.5, 0.6) is 11.5 Å². The predicted octanol–water partition coefficient (Wildman–Crippen LogP) is 10.1. The highest BCUT2D eigenvalue weighted by molar-refractivity contribution is 8.68. The minimum absolute atomic E-state index is 0.00377. The molecule has 19 heteroatoms. The molecule has 10 rings (SSSR count). The van der Waals surface area contributed by atoms with Crippen LogP contribution in [0.4, 0.5) is 10.1 Å². The summed E-state index contributed by atoms with van der Waals surface area (Å²) >= 11 is 7.78. The number of aromatic nitrogens is 5. The molecule has 1 unspecified atom stereocenters. The molecule has 8 atom stereocenters. The first kappa shape index (κ1) is 47.9. The monoisotopic (exact) mass is 1010 g/mol. The molecule has 5 heterocycles. The molecule has 0 spiro atoms. The van der Waals surface area contributed by atoms with Gasteiger partial charge in [0.05, 0.1) is 37.7 Å². The van der Waals surface area contributed by atoms with Crippen molar-refractivity contribution in [3.8, 4) is 11.5 Å². The van der Waals surface area contributed by atoms with Crippen LogP contribution >= 0.6 is 17.1 Å². The Kier molecular flexibility index (Phi) is 13.1. The minimum Gasteiger partial charge on any atom is -0.497 e. The van der Waals surface area contributed by atoms with Gasteiger partial charge in [-0.05, 0) is 104 Å². The lowest BCUT2D eigenvalue weighted by Crippen LogP contribution is -2.40. The Balaban J connectivity index is 1.03. The van der Waals surface area contributed by atoms with Crippen molar-refractivity contribution in [2.75, 3.05) is 20.8 Å². The van der Waals surface area contributed by atoms with E-state index in [4.69, 9.17) is 44.8 Å². The molecule has 3 aliphatic rings. The topological polar surface area (TPSA) is 156 Å². The Bertz CT molecular complexity index is 3120. The SMILES string of the molecule is C=C(C)[C@H]1CC[C@@]2(C)OP(=S)(O[C@@H]3[C@H](F)[C@@H](COC(c4ccccc4)(c4ccc(OC)cc4)c4ccc(OC)cc4)O[C@H]3n3cnc4c(=O)n5ccn(CCc6ccc([N+](=O)[O-])cc6)c5nc43)S[C@@H]2C1. The van der Waals surface area contributed by atoms with Crippen molar-refractivity contribution in [1.82, 2.24) is 23.5 Å². The molecule has 1 aliphatic carbocycles. The third-order valence-electron chi connectivity index (χ3n) is 13.9. The first-order valence-electron chi connectivity index (χ1n) is 23.0. The van der Waals surface area contributed by atoms with Gasteiger partial charge in [-0.2, -0.15) is 4.98 Å². The van der Waals surface area contributed by atoms with Crippen molar-refractivity contribution in [2.24, 2.45) is 5.92 Å². The van der Waals surface area contributed by atoms with E-state index in [1.54, 1.807) is 43.3 Å². The second-order valence-electron chi connectivity index (χ2n) is 18.2. The van der Waals surface area contributed by atoms with Crippen LogP contribution in [0, 0.1) is 16.0 Å². The highest BCUT2D eigenvalue weighted by Crippen LogP contribution is 2.76. The maximum Gasteiger partial charge on any atom is 0.287 e. The normalized spacial score (nSPS) is 25.6. The van der Waals surface area contributed by atoms with Crippen LogP contribution in [0.15, 0.2) is 139 Å². The zero-order valence-electron chi connectivity index (χ0n) is 39.0. The highest BCUT2D eigenvalue weighted by Gasteiger charge is 2.57. The second kappa shape index (κ2) is 19.1. The van der Waals surface area contributed by atoms with Gasteiger partial charge in [-0.1, -0.05) is 90.3 Å². The number of benzene rings is 4. The standard InChI is InChI=1S/C51H52FN6O9PS2/c1-32(2)34-23-25-50(3)42(29-34)70-68(69,67-50)66-45-43(52)41(30-64-51(35-9-7-6-8-10-35,36-13-19-39(62-4)20-14-36)37-15-21-40(63-5)22-16-37)65-48(45)57-31-53-44-46(57)54-49-55(27-28-56(49)47(44)59)26-24-33-11-17-38(18-12-33)58(60)61/h6-22,27-28,31,34,41-43,45,48H,1,23-26,29-30H2,2-5H3/t34-,41+,42+,43+,45+,48+,50+,68?/m0/s1. The predicted molar refractivity (Wildman–Crippen MR) is 269 cm³/mol. The van der Waals surface area contributed by atoms with Crippen molar-refractivity contribution < 1.29 is 37.3 Å². The number of hydrogen-bond donors (Lipinski definition) is 0. The van der Waals surface area contributed by atoms with Crippen LogP contribution < -0.4 is 15.0 Å². The van der Waals surface area contributed by atoms with Crippen LogP contribution in [-0.2, 0) is 48.9 Å². The van der Waals surface area contributed by atoms with E-state index in [1.165, 1.54) is 34.2 Å². The van der Waals surface area contributed by atoms with Crippen molar-refractivity contribution in [3.05, 3.63) is 177 Å².